The summed E-state index contributed by atoms with van der Waals surface area (Å²) in [4.78, 5) is 12.3. The summed E-state index contributed by atoms with van der Waals surface area (Å²) in [5.74, 6) is 6.10. The topological polar surface area (TPSA) is 29.1 Å². The number of anilines is 1. The molecule has 3 rings (SSSR count). The summed E-state index contributed by atoms with van der Waals surface area (Å²) in [6.45, 7) is 0. The molecular weight excluding hydrogens is 282 g/mol. The van der Waals surface area contributed by atoms with Gasteiger partial charge in [-0.2, -0.15) is 0 Å². The van der Waals surface area contributed by atoms with Crippen molar-refractivity contribution >= 4 is 11.6 Å². The summed E-state index contributed by atoms with van der Waals surface area (Å²) < 4.78 is 0. The van der Waals surface area contributed by atoms with E-state index in [9.17, 15) is 4.79 Å². The Bertz CT molecular complexity index is 858. The molecule has 2 nitrogen and oxygen atoms in total. The van der Waals surface area contributed by atoms with Crippen LogP contribution in [0.25, 0.3) is 0 Å². The molecule has 0 unspecified atom stereocenters. The highest BCUT2D eigenvalue weighted by atomic mass is 16.1. The van der Waals surface area contributed by atoms with E-state index >= 15 is 0 Å². The lowest BCUT2D eigenvalue weighted by Gasteiger charge is -2.07. The summed E-state index contributed by atoms with van der Waals surface area (Å²) in [6, 6.07) is 26.5. The average molecular weight is 297 g/mol. The molecule has 0 saturated carbocycles. The highest BCUT2D eigenvalue weighted by Gasteiger charge is 2.07. The Morgan fingerprint density at radius 2 is 1.30 bits per heavy atom. The van der Waals surface area contributed by atoms with Crippen LogP contribution in [0.15, 0.2) is 84.9 Å². The van der Waals surface area contributed by atoms with Crippen molar-refractivity contribution in [3.05, 3.63) is 102 Å². The lowest BCUT2D eigenvalue weighted by Crippen LogP contribution is -2.12. The highest BCUT2D eigenvalue weighted by Crippen LogP contribution is 2.15. The zero-order valence-electron chi connectivity index (χ0n) is 12.5. The predicted molar refractivity (Wildman–Crippen MR) is 93.3 cm³/mol. The predicted octanol–water partition coefficient (Wildman–Crippen LogP) is 4.34. The van der Waals surface area contributed by atoms with Crippen molar-refractivity contribution in [1.29, 1.82) is 0 Å². The Balaban J connectivity index is 1.84. The van der Waals surface area contributed by atoms with E-state index in [0.717, 1.165) is 11.1 Å². The van der Waals surface area contributed by atoms with Crippen LogP contribution >= 0.6 is 0 Å². The monoisotopic (exact) mass is 297 g/mol. The van der Waals surface area contributed by atoms with Gasteiger partial charge in [0.1, 0.15) is 0 Å². The molecule has 0 aliphatic carbocycles. The van der Waals surface area contributed by atoms with Crippen molar-refractivity contribution in [2.45, 2.75) is 0 Å². The SMILES string of the molecule is O=C(Nc1ccccc1C#Cc1ccccc1)c1ccccc1. The van der Waals surface area contributed by atoms with Crippen LogP contribution in [-0.2, 0) is 0 Å². The number of carbonyl (C=O) groups is 1. The molecule has 3 aromatic rings. The summed E-state index contributed by atoms with van der Waals surface area (Å²) in [5.41, 5.74) is 3.07. The van der Waals surface area contributed by atoms with E-state index in [1.54, 1.807) is 12.1 Å². The van der Waals surface area contributed by atoms with Crippen molar-refractivity contribution < 1.29 is 4.79 Å². The van der Waals surface area contributed by atoms with Gasteiger partial charge in [-0.15, -0.1) is 0 Å². The third-order valence-corrected chi connectivity index (χ3v) is 3.33. The van der Waals surface area contributed by atoms with Gasteiger partial charge in [0.15, 0.2) is 0 Å². The molecule has 1 amide bonds. The van der Waals surface area contributed by atoms with E-state index in [1.165, 1.54) is 0 Å². The van der Waals surface area contributed by atoms with Crippen LogP contribution in [-0.4, -0.2) is 5.91 Å². The Labute approximate surface area is 135 Å². The number of benzene rings is 3. The molecule has 110 valence electrons. The van der Waals surface area contributed by atoms with Gasteiger partial charge in [0.05, 0.1) is 5.69 Å². The second kappa shape index (κ2) is 7.11. The number of carbonyl (C=O) groups excluding carboxylic acids is 1. The molecule has 0 radical (unpaired) electrons. The second-order valence-corrected chi connectivity index (χ2v) is 4.98. The Kier molecular flexibility index (Phi) is 4.52. The number of rotatable bonds is 2. The molecule has 0 fully saturated rings. The largest absolute Gasteiger partial charge is 0.321 e. The minimum atomic E-state index is -0.139. The maximum atomic E-state index is 12.3. The molecule has 0 aliphatic rings. The first-order valence-corrected chi connectivity index (χ1v) is 7.35. The normalized spacial score (nSPS) is 9.57. The van der Waals surface area contributed by atoms with Gasteiger partial charge >= 0.3 is 0 Å². The summed E-state index contributed by atoms with van der Waals surface area (Å²) >= 11 is 0. The summed E-state index contributed by atoms with van der Waals surface area (Å²) in [5, 5.41) is 2.92. The lowest BCUT2D eigenvalue weighted by atomic mass is 10.1. The molecule has 1 N–H and O–H groups in total. The molecule has 23 heavy (non-hydrogen) atoms. The molecule has 0 saturated heterocycles. The van der Waals surface area contributed by atoms with Gasteiger partial charge in [-0.05, 0) is 36.4 Å². The van der Waals surface area contributed by atoms with Crippen LogP contribution < -0.4 is 5.32 Å². The van der Waals surface area contributed by atoms with Crippen LogP contribution in [0.1, 0.15) is 21.5 Å². The zero-order chi connectivity index (χ0) is 15.9. The maximum absolute atomic E-state index is 12.3. The van der Waals surface area contributed by atoms with Crippen LogP contribution in [0.2, 0.25) is 0 Å². The fraction of sp³-hybridized carbons (Fsp3) is 0. The summed E-state index contributed by atoms with van der Waals surface area (Å²) in [6.07, 6.45) is 0. The molecule has 2 heteroatoms. The van der Waals surface area contributed by atoms with Crippen molar-refractivity contribution in [2.24, 2.45) is 0 Å². The van der Waals surface area contributed by atoms with Gasteiger partial charge in [-0.1, -0.05) is 60.4 Å². The van der Waals surface area contributed by atoms with Gasteiger partial charge in [0.25, 0.3) is 5.91 Å². The molecule has 3 aromatic carbocycles. The molecular formula is C21H15NO. The summed E-state index contributed by atoms with van der Waals surface area (Å²) in [7, 11) is 0. The van der Waals surface area contributed by atoms with Gasteiger partial charge in [-0.25, -0.2) is 0 Å². The van der Waals surface area contributed by atoms with Crippen LogP contribution in [0.4, 0.5) is 5.69 Å². The minimum absolute atomic E-state index is 0.139. The van der Waals surface area contributed by atoms with Gasteiger partial charge in [0, 0.05) is 16.7 Å². The second-order valence-electron chi connectivity index (χ2n) is 4.98. The number of hydrogen-bond acceptors (Lipinski definition) is 1. The van der Waals surface area contributed by atoms with Gasteiger partial charge < -0.3 is 5.32 Å². The lowest BCUT2D eigenvalue weighted by molar-refractivity contribution is 0.102. The van der Waals surface area contributed by atoms with Crippen LogP contribution in [0.3, 0.4) is 0 Å². The van der Waals surface area contributed by atoms with E-state index in [-0.39, 0.29) is 5.91 Å². The highest BCUT2D eigenvalue weighted by molar-refractivity contribution is 6.04. The van der Waals surface area contributed by atoms with Crippen LogP contribution in [0, 0.1) is 11.8 Å². The van der Waals surface area contributed by atoms with Gasteiger partial charge in [-0.3, -0.25) is 4.79 Å². The molecule has 0 atom stereocenters. The first-order chi connectivity index (χ1) is 11.3. The van der Waals surface area contributed by atoms with Gasteiger partial charge in [0.2, 0.25) is 0 Å². The van der Waals surface area contributed by atoms with E-state index in [4.69, 9.17) is 0 Å². The molecule has 0 heterocycles. The first kappa shape index (κ1) is 14.6. The zero-order valence-corrected chi connectivity index (χ0v) is 12.5. The quantitative estimate of drug-likeness (QED) is 0.700. The number of para-hydroxylation sites is 1. The molecule has 0 bridgehead atoms. The average Bonchev–Trinajstić information content (AvgIpc) is 2.62. The van der Waals surface area contributed by atoms with Crippen molar-refractivity contribution in [3.8, 4) is 11.8 Å². The van der Waals surface area contributed by atoms with Crippen molar-refractivity contribution in [2.75, 3.05) is 5.32 Å². The Morgan fingerprint density at radius 3 is 2.04 bits per heavy atom. The molecule has 0 aromatic heterocycles. The molecule has 0 spiro atoms. The van der Waals surface area contributed by atoms with Crippen molar-refractivity contribution in [3.63, 3.8) is 0 Å². The van der Waals surface area contributed by atoms with E-state index < -0.39 is 0 Å². The smallest absolute Gasteiger partial charge is 0.255 e. The van der Waals surface area contributed by atoms with Crippen molar-refractivity contribution in [1.82, 2.24) is 0 Å². The van der Waals surface area contributed by atoms with E-state index in [0.29, 0.717) is 11.3 Å². The van der Waals surface area contributed by atoms with E-state index in [2.05, 4.69) is 17.2 Å². The minimum Gasteiger partial charge on any atom is -0.321 e. The standard InChI is InChI=1S/C21H15NO/c23-21(19-12-5-2-6-13-19)22-20-14-8-7-11-18(20)16-15-17-9-3-1-4-10-17/h1-14H,(H,22,23). The number of hydrogen-bond donors (Lipinski definition) is 1. The number of amides is 1. The fourth-order valence-corrected chi connectivity index (χ4v) is 2.15. The third kappa shape index (κ3) is 3.87. The first-order valence-electron chi connectivity index (χ1n) is 7.35. The number of nitrogens with one attached hydrogen (secondary N) is 1. The Morgan fingerprint density at radius 1 is 0.696 bits per heavy atom. The molecule has 0 aliphatic heterocycles. The Hall–Kier alpha value is -3.31. The van der Waals surface area contributed by atoms with E-state index in [1.807, 2.05) is 72.8 Å². The van der Waals surface area contributed by atoms with Crippen LogP contribution in [0.5, 0.6) is 0 Å². The maximum Gasteiger partial charge on any atom is 0.255 e. The fourth-order valence-electron chi connectivity index (χ4n) is 2.15. The third-order valence-electron chi connectivity index (χ3n) is 3.33.